The Morgan fingerprint density at radius 1 is 1.12 bits per heavy atom. The van der Waals surface area contributed by atoms with Crippen LogP contribution < -0.4 is 10.2 Å². The molecule has 0 radical (unpaired) electrons. The zero-order valence-corrected chi connectivity index (χ0v) is 19.1. The molecular weight excluding hydrogens is 445 g/mol. The van der Waals surface area contributed by atoms with Gasteiger partial charge in [-0.3, -0.25) is 14.5 Å². The average Bonchev–Trinajstić information content (AvgIpc) is 3.29. The van der Waals surface area contributed by atoms with Crippen LogP contribution >= 0.6 is 23.6 Å². The number of halogens is 1. The Labute approximate surface area is 195 Å². The summed E-state index contributed by atoms with van der Waals surface area (Å²) in [5.41, 5.74) is 2.36. The third kappa shape index (κ3) is 4.71. The maximum atomic E-state index is 13.4. The first-order valence-electron chi connectivity index (χ1n) is 10.2. The molecule has 1 aliphatic heterocycles. The summed E-state index contributed by atoms with van der Waals surface area (Å²) in [7, 11) is 0. The van der Waals surface area contributed by atoms with Gasteiger partial charge in [0.25, 0.3) is 5.91 Å². The molecule has 4 rings (SSSR count). The van der Waals surface area contributed by atoms with Crippen LogP contribution in [0.3, 0.4) is 0 Å². The molecule has 164 valence electrons. The largest absolute Gasteiger partial charge is 0.336 e. The van der Waals surface area contributed by atoms with Gasteiger partial charge < -0.3 is 10.2 Å². The lowest BCUT2D eigenvalue weighted by Gasteiger charge is -2.23. The maximum Gasteiger partial charge on any atom is 0.256 e. The predicted molar refractivity (Wildman–Crippen MR) is 129 cm³/mol. The summed E-state index contributed by atoms with van der Waals surface area (Å²) in [5.74, 6) is -0.934. The molecule has 3 aromatic rings. The van der Waals surface area contributed by atoms with E-state index in [1.165, 1.54) is 39.6 Å². The zero-order chi connectivity index (χ0) is 22.7. The van der Waals surface area contributed by atoms with Gasteiger partial charge in [-0.2, -0.15) is 0 Å². The molecular formula is C24H22FN3O2S2. The van der Waals surface area contributed by atoms with Gasteiger partial charge in [-0.1, -0.05) is 18.2 Å². The van der Waals surface area contributed by atoms with E-state index in [9.17, 15) is 14.0 Å². The van der Waals surface area contributed by atoms with E-state index in [2.05, 4.69) is 18.3 Å². The second kappa shape index (κ2) is 9.58. The molecule has 8 heteroatoms. The van der Waals surface area contributed by atoms with Crippen molar-refractivity contribution >= 4 is 51.9 Å². The molecule has 1 N–H and O–H groups in total. The van der Waals surface area contributed by atoms with Crippen LogP contribution in [0.25, 0.3) is 0 Å². The molecule has 0 spiro atoms. The average molecular weight is 468 g/mol. The van der Waals surface area contributed by atoms with E-state index >= 15 is 0 Å². The van der Waals surface area contributed by atoms with Crippen molar-refractivity contribution < 1.29 is 14.0 Å². The molecule has 0 saturated carbocycles. The highest BCUT2D eigenvalue weighted by Crippen LogP contribution is 2.28. The van der Waals surface area contributed by atoms with Crippen LogP contribution in [-0.2, 0) is 16.0 Å². The number of carbonyl (C=O) groups is 2. The van der Waals surface area contributed by atoms with E-state index in [1.807, 2.05) is 40.6 Å². The van der Waals surface area contributed by atoms with Gasteiger partial charge in [0.05, 0.1) is 12.1 Å². The SMILES string of the molecule is Cc1ccsc1CCN1C(=S)N(c2ccccc2)C(=O)C1CC(=O)Nc1ccc(F)cc1. The molecule has 2 amide bonds. The van der Waals surface area contributed by atoms with Crippen molar-refractivity contribution in [2.75, 3.05) is 16.8 Å². The minimum absolute atomic E-state index is 0.0525. The monoisotopic (exact) mass is 467 g/mol. The number of nitrogens with one attached hydrogen (secondary N) is 1. The molecule has 0 aliphatic carbocycles. The molecule has 0 bridgehead atoms. The van der Waals surface area contributed by atoms with Gasteiger partial charge >= 0.3 is 0 Å². The first kappa shape index (κ1) is 22.1. The second-order valence-corrected chi connectivity index (χ2v) is 8.90. The summed E-state index contributed by atoms with van der Waals surface area (Å²) in [6.07, 6.45) is 0.679. The molecule has 1 fully saturated rings. The Bertz CT molecular complexity index is 1130. The molecule has 1 aromatic heterocycles. The van der Waals surface area contributed by atoms with Gasteiger partial charge in [-0.25, -0.2) is 4.39 Å². The summed E-state index contributed by atoms with van der Waals surface area (Å²) in [5, 5.41) is 5.18. The normalized spacial score (nSPS) is 16.0. The van der Waals surface area contributed by atoms with Crippen LogP contribution in [0, 0.1) is 12.7 Å². The lowest BCUT2D eigenvalue weighted by Crippen LogP contribution is -2.39. The molecule has 1 saturated heterocycles. The summed E-state index contributed by atoms with van der Waals surface area (Å²) in [6, 6.07) is 16.1. The van der Waals surface area contributed by atoms with Crippen LogP contribution in [-0.4, -0.2) is 34.4 Å². The van der Waals surface area contributed by atoms with E-state index < -0.39 is 6.04 Å². The van der Waals surface area contributed by atoms with Crippen molar-refractivity contribution in [3.63, 3.8) is 0 Å². The van der Waals surface area contributed by atoms with Gasteiger partial charge in [-0.05, 0) is 79.0 Å². The Morgan fingerprint density at radius 2 is 1.84 bits per heavy atom. The van der Waals surface area contributed by atoms with Crippen molar-refractivity contribution in [2.45, 2.75) is 25.8 Å². The molecule has 1 aliphatic rings. The first-order valence-corrected chi connectivity index (χ1v) is 11.5. The van der Waals surface area contributed by atoms with Crippen LogP contribution in [0.4, 0.5) is 15.8 Å². The number of benzene rings is 2. The van der Waals surface area contributed by atoms with Gasteiger partial charge in [0.2, 0.25) is 5.91 Å². The van der Waals surface area contributed by atoms with Crippen LogP contribution in [0.15, 0.2) is 66.0 Å². The molecule has 5 nitrogen and oxygen atoms in total. The quantitative estimate of drug-likeness (QED) is 0.509. The van der Waals surface area contributed by atoms with Crippen LogP contribution in [0.5, 0.6) is 0 Å². The standard InChI is InChI=1S/C24H22FN3O2S2/c1-16-12-14-32-21(16)11-13-27-20(15-22(29)26-18-9-7-17(25)8-10-18)23(30)28(24(27)31)19-5-3-2-4-6-19/h2-10,12,14,20H,11,13,15H2,1H3,(H,26,29). The molecule has 2 heterocycles. The number of para-hydroxylation sites is 1. The lowest BCUT2D eigenvalue weighted by molar-refractivity contribution is -0.124. The van der Waals surface area contributed by atoms with Crippen LogP contribution in [0.1, 0.15) is 16.9 Å². The van der Waals surface area contributed by atoms with E-state index in [4.69, 9.17) is 12.2 Å². The van der Waals surface area contributed by atoms with E-state index in [1.54, 1.807) is 11.3 Å². The second-order valence-electron chi connectivity index (χ2n) is 7.54. The smallest absolute Gasteiger partial charge is 0.256 e. The highest BCUT2D eigenvalue weighted by molar-refractivity contribution is 7.80. The van der Waals surface area contributed by atoms with Gasteiger partial charge in [0.1, 0.15) is 11.9 Å². The van der Waals surface area contributed by atoms with Crippen molar-refractivity contribution in [3.05, 3.63) is 82.3 Å². The molecule has 32 heavy (non-hydrogen) atoms. The summed E-state index contributed by atoms with van der Waals surface area (Å²) < 4.78 is 13.1. The highest BCUT2D eigenvalue weighted by Gasteiger charge is 2.43. The van der Waals surface area contributed by atoms with Gasteiger partial charge in [0.15, 0.2) is 5.11 Å². The minimum atomic E-state index is -0.705. The van der Waals surface area contributed by atoms with Gasteiger partial charge in [0, 0.05) is 17.1 Å². The number of hydrogen-bond donors (Lipinski definition) is 1. The summed E-state index contributed by atoms with van der Waals surface area (Å²) in [6.45, 7) is 2.59. The topological polar surface area (TPSA) is 52.7 Å². The fraction of sp³-hybridized carbons (Fsp3) is 0.208. The number of hydrogen-bond acceptors (Lipinski definition) is 4. The molecule has 2 aromatic carbocycles. The molecule has 1 atom stereocenters. The number of thiophene rings is 1. The van der Waals surface area contributed by atoms with Crippen molar-refractivity contribution in [1.29, 1.82) is 0 Å². The Kier molecular flexibility index (Phi) is 6.62. The number of anilines is 2. The number of rotatable bonds is 7. The number of thiocarbonyl (C=S) groups is 1. The maximum absolute atomic E-state index is 13.4. The highest BCUT2D eigenvalue weighted by atomic mass is 32.1. The Morgan fingerprint density at radius 3 is 2.50 bits per heavy atom. The fourth-order valence-electron chi connectivity index (χ4n) is 3.71. The molecule has 1 unspecified atom stereocenters. The Hall–Kier alpha value is -3.10. The lowest BCUT2D eigenvalue weighted by atomic mass is 10.1. The summed E-state index contributed by atoms with van der Waals surface area (Å²) in [4.78, 5) is 30.7. The van der Waals surface area contributed by atoms with Crippen molar-refractivity contribution in [3.8, 4) is 0 Å². The fourth-order valence-corrected chi connectivity index (χ4v) is 5.02. The van der Waals surface area contributed by atoms with Crippen LogP contribution in [0.2, 0.25) is 0 Å². The number of nitrogens with zero attached hydrogens (tertiary/aromatic N) is 2. The van der Waals surface area contributed by atoms with Crippen molar-refractivity contribution in [2.24, 2.45) is 0 Å². The zero-order valence-electron chi connectivity index (χ0n) is 17.5. The number of carbonyl (C=O) groups excluding carboxylic acids is 2. The number of amides is 2. The van der Waals surface area contributed by atoms with E-state index in [-0.39, 0.29) is 24.1 Å². The van der Waals surface area contributed by atoms with Crippen molar-refractivity contribution in [1.82, 2.24) is 4.90 Å². The first-order chi connectivity index (χ1) is 15.4. The van der Waals surface area contributed by atoms with Gasteiger partial charge in [-0.15, -0.1) is 11.3 Å². The van der Waals surface area contributed by atoms with E-state index in [0.717, 1.165) is 6.42 Å². The Balaban J connectivity index is 1.54. The third-order valence-corrected chi connectivity index (χ3v) is 6.89. The summed E-state index contributed by atoms with van der Waals surface area (Å²) >= 11 is 7.36. The third-order valence-electron chi connectivity index (χ3n) is 5.39. The predicted octanol–water partition coefficient (Wildman–Crippen LogP) is 4.77. The minimum Gasteiger partial charge on any atom is -0.336 e. The number of aryl methyl sites for hydroxylation is 1. The van der Waals surface area contributed by atoms with E-state index in [0.29, 0.717) is 23.0 Å².